The summed E-state index contributed by atoms with van der Waals surface area (Å²) in [5.41, 5.74) is 0.928. The lowest BCUT2D eigenvalue weighted by Gasteiger charge is -2.14. The van der Waals surface area contributed by atoms with E-state index >= 15 is 0 Å². The lowest BCUT2D eigenvalue weighted by molar-refractivity contribution is 0.592. The molecule has 1 unspecified atom stereocenters. The largest absolute Gasteiger partial charge is 0.310 e. The lowest BCUT2D eigenvalue weighted by atomic mass is 10.1. The first-order chi connectivity index (χ1) is 9.53. The minimum Gasteiger partial charge on any atom is -0.310 e. The fourth-order valence-corrected chi connectivity index (χ4v) is 3.52. The van der Waals surface area contributed by atoms with Crippen LogP contribution in [0.2, 0.25) is 0 Å². The summed E-state index contributed by atoms with van der Waals surface area (Å²) in [6.07, 6.45) is 1.38. The van der Waals surface area contributed by atoms with Gasteiger partial charge in [-0.2, -0.15) is 0 Å². The smallest absolute Gasteiger partial charge is 0.262 e. The van der Waals surface area contributed by atoms with Crippen LogP contribution in [0.3, 0.4) is 0 Å². The van der Waals surface area contributed by atoms with Gasteiger partial charge in [-0.05, 0) is 31.2 Å². The maximum absolute atomic E-state index is 12.3. The molecule has 0 spiro atoms. The van der Waals surface area contributed by atoms with Gasteiger partial charge in [-0.1, -0.05) is 23.5 Å². The van der Waals surface area contributed by atoms with Gasteiger partial charge in [-0.25, -0.2) is 8.42 Å². The molecule has 2 rings (SSSR count). The highest BCUT2D eigenvalue weighted by atomic mass is 32.2. The first-order valence-electron chi connectivity index (χ1n) is 6.16. The van der Waals surface area contributed by atoms with Crippen LogP contribution in [0.15, 0.2) is 35.4 Å². The Kier molecular flexibility index (Phi) is 4.69. The third-order valence-electron chi connectivity index (χ3n) is 2.77. The second-order valence-corrected chi connectivity index (χ2v) is 6.71. The highest BCUT2D eigenvalue weighted by Crippen LogP contribution is 2.21. The van der Waals surface area contributed by atoms with Crippen molar-refractivity contribution in [3.8, 4) is 0 Å². The predicted molar refractivity (Wildman–Crippen MR) is 79.3 cm³/mol. The molecule has 0 saturated heterocycles. The van der Waals surface area contributed by atoms with Crippen molar-refractivity contribution in [1.29, 1.82) is 0 Å². The van der Waals surface area contributed by atoms with Gasteiger partial charge in [0, 0.05) is 17.6 Å². The van der Waals surface area contributed by atoms with Crippen LogP contribution in [-0.4, -0.2) is 24.5 Å². The summed E-state index contributed by atoms with van der Waals surface area (Å²) in [5.74, 6) is 0. The van der Waals surface area contributed by atoms with Gasteiger partial charge in [0.05, 0.1) is 11.1 Å². The van der Waals surface area contributed by atoms with E-state index in [0.29, 0.717) is 5.00 Å². The number of rotatable bonds is 6. The van der Waals surface area contributed by atoms with E-state index in [4.69, 9.17) is 0 Å². The summed E-state index contributed by atoms with van der Waals surface area (Å²) in [7, 11) is -3.60. The number of aromatic nitrogens is 2. The Balaban J connectivity index is 2.25. The van der Waals surface area contributed by atoms with E-state index in [1.165, 1.54) is 6.20 Å². The van der Waals surface area contributed by atoms with Gasteiger partial charge >= 0.3 is 0 Å². The number of hydrogen-bond acceptors (Lipinski definition) is 6. The Morgan fingerprint density at radius 2 is 2.20 bits per heavy atom. The SMILES string of the molecule is CCNC(C)c1cccc(S(=O)(=O)Nc2cnns2)c1. The Morgan fingerprint density at radius 3 is 2.85 bits per heavy atom. The third kappa shape index (κ3) is 3.53. The first kappa shape index (κ1) is 14.9. The van der Waals surface area contributed by atoms with Crippen LogP contribution >= 0.6 is 11.5 Å². The molecule has 20 heavy (non-hydrogen) atoms. The van der Waals surface area contributed by atoms with Gasteiger partial charge in [-0.3, -0.25) is 4.72 Å². The van der Waals surface area contributed by atoms with Crippen LogP contribution in [0.5, 0.6) is 0 Å². The monoisotopic (exact) mass is 312 g/mol. The third-order valence-corrected chi connectivity index (χ3v) is 4.85. The first-order valence-corrected chi connectivity index (χ1v) is 8.42. The van der Waals surface area contributed by atoms with Gasteiger partial charge in [-0.15, -0.1) is 5.10 Å². The molecule has 1 aromatic heterocycles. The van der Waals surface area contributed by atoms with E-state index in [-0.39, 0.29) is 10.9 Å². The fourth-order valence-electron chi connectivity index (χ4n) is 1.78. The minimum atomic E-state index is -3.60. The normalized spacial score (nSPS) is 13.1. The Hall–Kier alpha value is -1.51. The highest BCUT2D eigenvalue weighted by molar-refractivity contribution is 7.93. The number of benzene rings is 1. The molecule has 2 aromatic rings. The van der Waals surface area contributed by atoms with Crippen molar-refractivity contribution in [2.45, 2.75) is 24.8 Å². The molecule has 0 aliphatic heterocycles. The molecule has 108 valence electrons. The van der Waals surface area contributed by atoms with Crippen molar-refractivity contribution in [3.63, 3.8) is 0 Å². The molecular formula is C12H16N4O2S2. The van der Waals surface area contributed by atoms with Crippen molar-refractivity contribution in [3.05, 3.63) is 36.0 Å². The second kappa shape index (κ2) is 6.29. The topological polar surface area (TPSA) is 84.0 Å². The maximum Gasteiger partial charge on any atom is 0.262 e. The van der Waals surface area contributed by atoms with E-state index in [1.54, 1.807) is 18.2 Å². The van der Waals surface area contributed by atoms with Crippen molar-refractivity contribution < 1.29 is 8.42 Å². The quantitative estimate of drug-likeness (QED) is 0.852. The Bertz CT molecular complexity index is 656. The summed E-state index contributed by atoms with van der Waals surface area (Å²) in [4.78, 5) is 0.230. The molecule has 0 radical (unpaired) electrons. The average Bonchev–Trinajstić information content (AvgIpc) is 2.91. The van der Waals surface area contributed by atoms with E-state index in [2.05, 4.69) is 19.6 Å². The number of anilines is 1. The van der Waals surface area contributed by atoms with Crippen LogP contribution in [0.25, 0.3) is 0 Å². The predicted octanol–water partition coefficient (Wildman–Crippen LogP) is 2.01. The van der Waals surface area contributed by atoms with E-state index in [0.717, 1.165) is 23.6 Å². The molecule has 8 heteroatoms. The molecule has 2 N–H and O–H groups in total. The van der Waals surface area contributed by atoms with Gasteiger partial charge in [0.25, 0.3) is 10.0 Å². The standard InChI is InChI=1S/C12H16N4O2S2/c1-3-13-9(2)10-5-4-6-11(7-10)20(17,18)15-12-8-14-16-19-12/h4-9,13,15H,3H2,1-2H3. The molecule has 0 bridgehead atoms. The van der Waals surface area contributed by atoms with E-state index < -0.39 is 10.0 Å². The molecule has 0 saturated carbocycles. The lowest BCUT2D eigenvalue weighted by Crippen LogP contribution is -2.18. The number of sulfonamides is 1. The van der Waals surface area contributed by atoms with Crippen molar-refractivity contribution in [1.82, 2.24) is 14.9 Å². The average molecular weight is 312 g/mol. The zero-order chi connectivity index (χ0) is 14.6. The van der Waals surface area contributed by atoms with Crippen LogP contribution in [0.4, 0.5) is 5.00 Å². The van der Waals surface area contributed by atoms with E-state index in [1.807, 2.05) is 19.9 Å². The van der Waals surface area contributed by atoms with Crippen molar-refractivity contribution in [2.75, 3.05) is 11.3 Å². The second-order valence-electron chi connectivity index (χ2n) is 4.24. The molecular weight excluding hydrogens is 296 g/mol. The molecule has 1 heterocycles. The van der Waals surface area contributed by atoms with Crippen LogP contribution in [0.1, 0.15) is 25.5 Å². The molecule has 6 nitrogen and oxygen atoms in total. The van der Waals surface area contributed by atoms with Gasteiger partial charge in [0.15, 0.2) is 0 Å². The van der Waals surface area contributed by atoms with Gasteiger partial charge < -0.3 is 5.32 Å². The molecule has 0 aliphatic rings. The summed E-state index contributed by atoms with van der Waals surface area (Å²) in [6, 6.07) is 6.98. The number of hydrogen-bond donors (Lipinski definition) is 2. The molecule has 1 atom stereocenters. The summed E-state index contributed by atoms with van der Waals surface area (Å²) >= 11 is 0.999. The summed E-state index contributed by atoms with van der Waals surface area (Å²) < 4.78 is 30.6. The molecule has 0 amide bonds. The van der Waals surface area contributed by atoms with Crippen molar-refractivity contribution >= 4 is 26.6 Å². The summed E-state index contributed by atoms with van der Waals surface area (Å²) in [6.45, 7) is 4.83. The number of nitrogens with one attached hydrogen (secondary N) is 2. The van der Waals surface area contributed by atoms with E-state index in [9.17, 15) is 8.42 Å². The molecule has 0 fully saturated rings. The minimum absolute atomic E-state index is 0.0974. The number of nitrogens with zero attached hydrogens (tertiary/aromatic N) is 2. The Morgan fingerprint density at radius 1 is 1.40 bits per heavy atom. The Labute approximate surface area is 122 Å². The zero-order valence-electron chi connectivity index (χ0n) is 11.2. The fraction of sp³-hybridized carbons (Fsp3) is 0.333. The molecule has 0 aliphatic carbocycles. The highest BCUT2D eigenvalue weighted by Gasteiger charge is 2.16. The van der Waals surface area contributed by atoms with Crippen molar-refractivity contribution in [2.24, 2.45) is 0 Å². The van der Waals surface area contributed by atoms with Crippen LogP contribution < -0.4 is 10.0 Å². The van der Waals surface area contributed by atoms with Gasteiger partial charge in [0.2, 0.25) is 0 Å². The zero-order valence-corrected chi connectivity index (χ0v) is 12.8. The maximum atomic E-state index is 12.3. The van der Waals surface area contributed by atoms with Gasteiger partial charge in [0.1, 0.15) is 5.00 Å². The van der Waals surface area contributed by atoms with Crippen LogP contribution in [-0.2, 0) is 10.0 Å². The summed E-state index contributed by atoms with van der Waals surface area (Å²) in [5, 5.41) is 7.25. The molecule has 1 aromatic carbocycles. The van der Waals surface area contributed by atoms with Crippen LogP contribution in [0, 0.1) is 0 Å².